The fourth-order valence-electron chi connectivity index (χ4n) is 0.919. The van der Waals surface area contributed by atoms with Crippen molar-refractivity contribution in [3.05, 3.63) is 18.2 Å². The number of aromatic nitrogens is 2. The highest BCUT2D eigenvalue weighted by Crippen LogP contribution is 2.07. The lowest BCUT2D eigenvalue weighted by Crippen LogP contribution is -2.00. The van der Waals surface area contributed by atoms with Crippen LogP contribution in [0.2, 0.25) is 0 Å². The second kappa shape index (κ2) is 4.04. The topological polar surface area (TPSA) is 35.0 Å². The van der Waals surface area contributed by atoms with Crippen LogP contribution in [0, 0.1) is 5.92 Å². The monoisotopic (exact) mass is 166 g/mol. The Bertz CT molecular complexity index is 231. The summed E-state index contributed by atoms with van der Waals surface area (Å²) in [4.78, 5) is 8.31. The zero-order chi connectivity index (χ0) is 8.97. The van der Waals surface area contributed by atoms with Crippen LogP contribution in [0.4, 0.5) is 0 Å². The molecule has 1 rings (SSSR count). The normalized spacial score (nSPS) is 10.3. The molecule has 0 aliphatic rings. The molecule has 0 radical (unpaired) electrons. The van der Waals surface area contributed by atoms with Crippen molar-refractivity contribution in [2.75, 3.05) is 7.11 Å². The maximum absolute atomic E-state index is 4.95. The Balaban J connectivity index is 2.65. The number of ether oxygens (including phenoxy) is 1. The molecule has 0 amide bonds. The second-order valence-electron chi connectivity index (χ2n) is 3.14. The number of hydrogen-bond donors (Lipinski definition) is 0. The molecular formula is C9H14N2O. The second-order valence-corrected chi connectivity index (χ2v) is 3.14. The number of rotatable bonds is 3. The lowest BCUT2D eigenvalue weighted by Gasteiger charge is -2.03. The van der Waals surface area contributed by atoms with Crippen molar-refractivity contribution >= 4 is 0 Å². The van der Waals surface area contributed by atoms with Gasteiger partial charge < -0.3 is 4.74 Å². The van der Waals surface area contributed by atoms with Crippen LogP contribution in [0.1, 0.15) is 19.7 Å². The number of methoxy groups -OCH3 is 1. The molecule has 66 valence electrons. The molecule has 0 atom stereocenters. The van der Waals surface area contributed by atoms with Gasteiger partial charge in [-0.3, -0.25) is 0 Å². The molecule has 0 N–H and O–H groups in total. The van der Waals surface area contributed by atoms with Gasteiger partial charge in [0.15, 0.2) is 5.75 Å². The largest absolute Gasteiger partial charge is 0.494 e. The van der Waals surface area contributed by atoms with E-state index < -0.39 is 0 Å². The first-order valence-corrected chi connectivity index (χ1v) is 4.07. The zero-order valence-electron chi connectivity index (χ0n) is 7.74. The molecule has 3 nitrogen and oxygen atoms in total. The Labute approximate surface area is 72.8 Å². The van der Waals surface area contributed by atoms with E-state index in [9.17, 15) is 0 Å². The summed E-state index contributed by atoms with van der Waals surface area (Å²) in [5, 5.41) is 0. The molecule has 1 aromatic rings. The third-order valence-corrected chi connectivity index (χ3v) is 1.51. The van der Waals surface area contributed by atoms with Gasteiger partial charge in [-0.05, 0) is 5.92 Å². The fraction of sp³-hybridized carbons (Fsp3) is 0.556. The van der Waals surface area contributed by atoms with Crippen LogP contribution in [0.25, 0.3) is 0 Å². The average Bonchev–Trinajstić information content (AvgIpc) is 2.05. The van der Waals surface area contributed by atoms with Crippen LogP contribution in [0.15, 0.2) is 12.4 Å². The Kier molecular flexibility index (Phi) is 3.02. The molecule has 0 aliphatic heterocycles. The molecule has 0 spiro atoms. The van der Waals surface area contributed by atoms with Gasteiger partial charge in [-0.1, -0.05) is 13.8 Å². The summed E-state index contributed by atoms with van der Waals surface area (Å²) in [5.41, 5.74) is 0. The molecule has 0 saturated carbocycles. The average molecular weight is 166 g/mol. The highest BCUT2D eigenvalue weighted by atomic mass is 16.5. The van der Waals surface area contributed by atoms with Gasteiger partial charge in [-0.25, -0.2) is 9.97 Å². The van der Waals surface area contributed by atoms with Crippen LogP contribution < -0.4 is 4.74 Å². The van der Waals surface area contributed by atoms with E-state index in [4.69, 9.17) is 4.74 Å². The summed E-state index contributed by atoms with van der Waals surface area (Å²) in [7, 11) is 1.61. The first kappa shape index (κ1) is 8.97. The molecule has 3 heteroatoms. The van der Waals surface area contributed by atoms with Crippen LogP contribution in [-0.2, 0) is 6.42 Å². The lowest BCUT2D eigenvalue weighted by atomic mass is 10.1. The SMILES string of the molecule is COc1cnc(CC(C)C)nc1. The molecule has 1 aromatic heterocycles. The Morgan fingerprint density at radius 1 is 1.33 bits per heavy atom. The Hall–Kier alpha value is -1.12. The van der Waals surface area contributed by atoms with Gasteiger partial charge in [-0.2, -0.15) is 0 Å². The van der Waals surface area contributed by atoms with Gasteiger partial charge in [-0.15, -0.1) is 0 Å². The maximum atomic E-state index is 4.95. The molecule has 0 saturated heterocycles. The minimum Gasteiger partial charge on any atom is -0.494 e. The van der Waals surface area contributed by atoms with Crippen molar-refractivity contribution in [3.8, 4) is 5.75 Å². The quantitative estimate of drug-likeness (QED) is 0.685. The summed E-state index contributed by atoms with van der Waals surface area (Å²) < 4.78 is 4.95. The Morgan fingerprint density at radius 3 is 2.33 bits per heavy atom. The predicted octanol–water partition coefficient (Wildman–Crippen LogP) is 1.68. The van der Waals surface area contributed by atoms with Gasteiger partial charge in [0.1, 0.15) is 5.82 Å². The van der Waals surface area contributed by atoms with E-state index in [2.05, 4.69) is 23.8 Å². The molecule has 0 aliphatic carbocycles. The third kappa shape index (κ3) is 2.49. The summed E-state index contributed by atoms with van der Waals surface area (Å²) in [5.74, 6) is 2.19. The minimum atomic E-state index is 0.596. The van der Waals surface area contributed by atoms with Gasteiger partial charge in [0.25, 0.3) is 0 Å². The first-order chi connectivity index (χ1) is 5.72. The van der Waals surface area contributed by atoms with Gasteiger partial charge in [0.2, 0.25) is 0 Å². The third-order valence-electron chi connectivity index (χ3n) is 1.51. The standard InChI is InChI=1S/C9H14N2O/c1-7(2)4-9-10-5-8(12-3)6-11-9/h5-7H,4H2,1-3H3. The minimum absolute atomic E-state index is 0.596. The van der Waals surface area contributed by atoms with Crippen LogP contribution in [0.5, 0.6) is 5.75 Å². The summed E-state index contributed by atoms with van der Waals surface area (Å²) in [6.45, 7) is 4.29. The van der Waals surface area contributed by atoms with E-state index in [-0.39, 0.29) is 0 Å². The van der Waals surface area contributed by atoms with Crippen LogP contribution in [0.3, 0.4) is 0 Å². The molecule has 0 bridgehead atoms. The van der Waals surface area contributed by atoms with Crippen molar-refractivity contribution in [2.24, 2.45) is 5.92 Å². The lowest BCUT2D eigenvalue weighted by molar-refractivity contribution is 0.409. The van der Waals surface area contributed by atoms with Gasteiger partial charge in [0.05, 0.1) is 19.5 Å². The van der Waals surface area contributed by atoms with Crippen LogP contribution >= 0.6 is 0 Å². The van der Waals surface area contributed by atoms with Crippen molar-refractivity contribution in [2.45, 2.75) is 20.3 Å². The number of nitrogens with zero attached hydrogens (tertiary/aromatic N) is 2. The van der Waals surface area contributed by atoms with E-state index in [1.807, 2.05) is 0 Å². The molecule has 0 aromatic carbocycles. The molecule has 0 unspecified atom stereocenters. The zero-order valence-corrected chi connectivity index (χ0v) is 7.74. The Morgan fingerprint density at radius 2 is 1.92 bits per heavy atom. The highest BCUT2D eigenvalue weighted by molar-refractivity contribution is 5.11. The summed E-state index contributed by atoms with van der Waals surface area (Å²) >= 11 is 0. The first-order valence-electron chi connectivity index (χ1n) is 4.07. The molecule has 1 heterocycles. The summed E-state index contributed by atoms with van der Waals surface area (Å²) in [6.07, 6.45) is 4.32. The van der Waals surface area contributed by atoms with Gasteiger partial charge >= 0.3 is 0 Å². The van der Waals surface area contributed by atoms with E-state index in [1.54, 1.807) is 19.5 Å². The number of hydrogen-bond acceptors (Lipinski definition) is 3. The molecule has 0 fully saturated rings. The van der Waals surface area contributed by atoms with Crippen molar-refractivity contribution in [1.29, 1.82) is 0 Å². The van der Waals surface area contributed by atoms with Crippen LogP contribution in [-0.4, -0.2) is 17.1 Å². The van der Waals surface area contributed by atoms with Gasteiger partial charge in [0, 0.05) is 6.42 Å². The fourth-order valence-corrected chi connectivity index (χ4v) is 0.919. The van der Waals surface area contributed by atoms with Crippen molar-refractivity contribution in [3.63, 3.8) is 0 Å². The van der Waals surface area contributed by atoms with Crippen molar-refractivity contribution in [1.82, 2.24) is 9.97 Å². The molecular weight excluding hydrogens is 152 g/mol. The molecule has 12 heavy (non-hydrogen) atoms. The van der Waals surface area contributed by atoms with Crippen molar-refractivity contribution < 1.29 is 4.74 Å². The van der Waals surface area contributed by atoms with E-state index in [0.29, 0.717) is 11.7 Å². The van der Waals surface area contributed by atoms with E-state index in [1.165, 1.54) is 0 Å². The van der Waals surface area contributed by atoms with E-state index >= 15 is 0 Å². The highest BCUT2D eigenvalue weighted by Gasteiger charge is 2.00. The maximum Gasteiger partial charge on any atom is 0.155 e. The van der Waals surface area contributed by atoms with E-state index in [0.717, 1.165) is 12.2 Å². The smallest absolute Gasteiger partial charge is 0.155 e. The summed E-state index contributed by atoms with van der Waals surface area (Å²) in [6, 6.07) is 0. The predicted molar refractivity (Wildman–Crippen MR) is 47.1 cm³/mol.